The van der Waals surface area contributed by atoms with Crippen LogP contribution >= 0.6 is 11.3 Å². The summed E-state index contributed by atoms with van der Waals surface area (Å²) in [7, 11) is 0. The number of hydrogen-bond donors (Lipinski definition) is 1. The molecule has 4 nitrogen and oxygen atoms in total. The lowest BCUT2D eigenvalue weighted by Crippen LogP contribution is -2.11. The van der Waals surface area contributed by atoms with Crippen molar-refractivity contribution in [1.82, 2.24) is 9.97 Å². The Kier molecular flexibility index (Phi) is 5.48. The number of nitrogens with zero attached hydrogens (tertiary/aromatic N) is 2. The van der Waals surface area contributed by atoms with Gasteiger partial charge in [0.2, 0.25) is 0 Å². The molecule has 0 saturated carbocycles. The summed E-state index contributed by atoms with van der Waals surface area (Å²) in [5.74, 6) is -0.186. The van der Waals surface area contributed by atoms with Crippen LogP contribution in [0.4, 0.5) is 5.13 Å². The Bertz CT molecular complexity index is 1390. The fourth-order valence-corrected chi connectivity index (χ4v) is 4.33. The highest BCUT2D eigenvalue weighted by molar-refractivity contribution is 7.14. The molecule has 156 valence electrons. The van der Waals surface area contributed by atoms with Crippen molar-refractivity contribution in [2.24, 2.45) is 0 Å². The first-order valence-electron chi connectivity index (χ1n) is 10.4. The van der Waals surface area contributed by atoms with Gasteiger partial charge in [-0.05, 0) is 42.7 Å². The molecule has 0 bridgehead atoms. The van der Waals surface area contributed by atoms with Crippen molar-refractivity contribution >= 4 is 33.3 Å². The molecule has 0 aliphatic heterocycles. The Balaban J connectivity index is 1.29. The van der Waals surface area contributed by atoms with E-state index in [9.17, 15) is 4.79 Å². The van der Waals surface area contributed by atoms with Gasteiger partial charge in [0.25, 0.3) is 5.91 Å². The van der Waals surface area contributed by atoms with Gasteiger partial charge in [-0.3, -0.25) is 15.1 Å². The third-order valence-corrected chi connectivity index (χ3v) is 6.08. The van der Waals surface area contributed by atoms with Crippen molar-refractivity contribution in [2.75, 3.05) is 5.32 Å². The number of hydrogen-bond acceptors (Lipinski definition) is 4. The Morgan fingerprint density at radius 3 is 2.44 bits per heavy atom. The lowest BCUT2D eigenvalue weighted by atomic mass is 10.0. The average Bonchev–Trinajstić information content (AvgIpc) is 3.28. The van der Waals surface area contributed by atoms with Crippen molar-refractivity contribution in [3.05, 3.63) is 113 Å². The summed E-state index contributed by atoms with van der Waals surface area (Å²) in [5, 5.41) is 6.47. The highest BCUT2D eigenvalue weighted by atomic mass is 32.1. The van der Waals surface area contributed by atoms with E-state index in [2.05, 4.69) is 63.8 Å². The molecule has 5 rings (SSSR count). The maximum atomic E-state index is 12.7. The molecule has 0 fully saturated rings. The van der Waals surface area contributed by atoms with E-state index in [0.29, 0.717) is 10.7 Å². The monoisotopic (exact) mass is 435 g/mol. The maximum Gasteiger partial charge on any atom is 0.257 e. The highest BCUT2D eigenvalue weighted by Gasteiger charge is 2.11. The number of rotatable bonds is 5. The molecule has 0 spiro atoms. The maximum absolute atomic E-state index is 12.7. The predicted octanol–water partition coefficient (Wildman–Crippen LogP) is 6.51. The van der Waals surface area contributed by atoms with Crippen LogP contribution in [0, 0.1) is 6.92 Å². The van der Waals surface area contributed by atoms with Crippen molar-refractivity contribution < 1.29 is 4.79 Å². The minimum absolute atomic E-state index is 0.186. The summed E-state index contributed by atoms with van der Waals surface area (Å²) in [6.07, 6.45) is 0.902. The molecular weight excluding hydrogens is 414 g/mol. The van der Waals surface area contributed by atoms with Crippen LogP contribution in [0.15, 0.2) is 90.3 Å². The third kappa shape index (κ3) is 4.43. The largest absolute Gasteiger partial charge is 0.298 e. The molecule has 2 aromatic heterocycles. The number of nitrogens with one attached hydrogen (secondary N) is 1. The molecule has 5 aromatic rings. The minimum Gasteiger partial charge on any atom is -0.298 e. The minimum atomic E-state index is -0.186. The van der Waals surface area contributed by atoms with Crippen LogP contribution in [0.2, 0.25) is 0 Å². The van der Waals surface area contributed by atoms with Crippen molar-refractivity contribution in [2.45, 2.75) is 13.3 Å². The van der Waals surface area contributed by atoms with Gasteiger partial charge in [-0.25, -0.2) is 4.98 Å². The number of anilines is 1. The molecule has 5 heteroatoms. The van der Waals surface area contributed by atoms with Crippen molar-refractivity contribution in [3.63, 3.8) is 0 Å². The van der Waals surface area contributed by atoms with Crippen LogP contribution in [0.5, 0.6) is 0 Å². The van der Waals surface area contributed by atoms with E-state index in [4.69, 9.17) is 0 Å². The second-order valence-electron chi connectivity index (χ2n) is 7.71. The number of aryl methyl sites for hydroxylation is 1. The molecule has 32 heavy (non-hydrogen) atoms. The number of fused-ring (bicyclic) bond motifs is 1. The zero-order valence-electron chi connectivity index (χ0n) is 17.6. The molecule has 0 saturated heterocycles. The summed E-state index contributed by atoms with van der Waals surface area (Å²) < 4.78 is 0. The van der Waals surface area contributed by atoms with E-state index < -0.39 is 0 Å². The Morgan fingerprint density at radius 1 is 0.875 bits per heavy atom. The van der Waals surface area contributed by atoms with Crippen LogP contribution in [-0.4, -0.2) is 15.9 Å². The zero-order valence-corrected chi connectivity index (χ0v) is 18.4. The molecule has 1 N–H and O–H groups in total. The molecule has 3 aromatic carbocycles. The number of benzene rings is 3. The second-order valence-corrected chi connectivity index (χ2v) is 8.57. The van der Waals surface area contributed by atoms with Gasteiger partial charge < -0.3 is 0 Å². The quantitative estimate of drug-likeness (QED) is 0.342. The molecule has 0 aliphatic carbocycles. The number of aromatic nitrogens is 2. The summed E-state index contributed by atoms with van der Waals surface area (Å²) in [4.78, 5) is 21.9. The summed E-state index contributed by atoms with van der Waals surface area (Å²) in [6.45, 7) is 1.94. The lowest BCUT2D eigenvalue weighted by molar-refractivity contribution is 0.102. The van der Waals surface area contributed by atoms with E-state index in [1.165, 1.54) is 22.5 Å². The smallest absolute Gasteiger partial charge is 0.257 e. The SMILES string of the molecule is Cc1ccc2ccc(C(=O)Nc3nc(-c4ccc(Cc5ccccc5)cc4)cs3)cc2n1. The van der Waals surface area contributed by atoms with Crippen LogP contribution in [0.1, 0.15) is 27.2 Å². The van der Waals surface area contributed by atoms with Gasteiger partial charge in [-0.15, -0.1) is 11.3 Å². The van der Waals surface area contributed by atoms with E-state index in [0.717, 1.165) is 34.3 Å². The van der Waals surface area contributed by atoms with Gasteiger partial charge in [0.1, 0.15) is 0 Å². The fourth-order valence-electron chi connectivity index (χ4n) is 3.62. The molecule has 0 aliphatic rings. The normalized spacial score (nSPS) is 10.9. The Labute approximate surface area is 190 Å². The first-order chi connectivity index (χ1) is 15.6. The Morgan fingerprint density at radius 2 is 1.62 bits per heavy atom. The molecular formula is C27H21N3OS. The highest BCUT2D eigenvalue weighted by Crippen LogP contribution is 2.26. The van der Waals surface area contributed by atoms with Gasteiger partial charge in [0.05, 0.1) is 11.2 Å². The number of pyridine rings is 1. The van der Waals surface area contributed by atoms with Crippen LogP contribution in [0.3, 0.4) is 0 Å². The summed E-state index contributed by atoms with van der Waals surface area (Å²) in [6, 6.07) is 28.4. The zero-order chi connectivity index (χ0) is 21.9. The lowest BCUT2D eigenvalue weighted by Gasteiger charge is -2.05. The van der Waals surface area contributed by atoms with Gasteiger partial charge in [0.15, 0.2) is 5.13 Å². The van der Waals surface area contributed by atoms with Crippen LogP contribution in [-0.2, 0) is 6.42 Å². The number of carbonyl (C=O) groups excluding carboxylic acids is 1. The van der Waals surface area contributed by atoms with Crippen LogP contribution in [0.25, 0.3) is 22.2 Å². The molecule has 0 unspecified atom stereocenters. The number of carbonyl (C=O) groups is 1. The van der Waals surface area contributed by atoms with Gasteiger partial charge in [0, 0.05) is 27.6 Å². The van der Waals surface area contributed by atoms with Gasteiger partial charge in [-0.2, -0.15) is 0 Å². The first-order valence-corrected chi connectivity index (χ1v) is 11.3. The first kappa shape index (κ1) is 20.1. The van der Waals surface area contributed by atoms with Crippen LogP contribution < -0.4 is 5.32 Å². The van der Waals surface area contributed by atoms with E-state index in [1.54, 1.807) is 0 Å². The molecule has 1 amide bonds. The van der Waals surface area contributed by atoms with Crippen molar-refractivity contribution in [3.8, 4) is 11.3 Å². The van der Waals surface area contributed by atoms with Gasteiger partial charge in [-0.1, -0.05) is 66.7 Å². The molecule has 0 radical (unpaired) electrons. The third-order valence-electron chi connectivity index (χ3n) is 5.32. The summed E-state index contributed by atoms with van der Waals surface area (Å²) in [5.41, 5.74) is 6.73. The van der Waals surface area contributed by atoms with E-state index >= 15 is 0 Å². The molecule has 0 atom stereocenters. The fraction of sp³-hybridized carbons (Fsp3) is 0.0741. The van der Waals surface area contributed by atoms with E-state index in [1.807, 2.05) is 48.7 Å². The summed E-state index contributed by atoms with van der Waals surface area (Å²) >= 11 is 1.42. The second kappa shape index (κ2) is 8.73. The van der Waals surface area contributed by atoms with Crippen molar-refractivity contribution in [1.29, 1.82) is 0 Å². The average molecular weight is 436 g/mol. The van der Waals surface area contributed by atoms with Gasteiger partial charge >= 0.3 is 0 Å². The number of thiazole rings is 1. The topological polar surface area (TPSA) is 54.9 Å². The Hall–Kier alpha value is -3.83. The standard InChI is InChI=1S/C27H21N3OS/c1-18-7-10-21-13-14-23(16-24(21)28-18)26(31)30-27-29-25(17-32-27)22-11-8-20(9-12-22)15-19-5-3-2-4-6-19/h2-14,16-17H,15H2,1H3,(H,29,30,31). The predicted molar refractivity (Wildman–Crippen MR) is 131 cm³/mol. The number of amides is 1. The molecule has 2 heterocycles. The van der Waals surface area contributed by atoms with E-state index in [-0.39, 0.29) is 5.91 Å².